The highest BCUT2D eigenvalue weighted by Crippen LogP contribution is 2.58. The first kappa shape index (κ1) is 15.1. The van der Waals surface area contributed by atoms with Gasteiger partial charge in [0.2, 0.25) is 5.91 Å². The molecule has 23 heavy (non-hydrogen) atoms. The molecular formula is C14H14FN5O3. The lowest BCUT2D eigenvalue weighted by atomic mass is 10.1. The number of aliphatic carboxylic acids is 1. The van der Waals surface area contributed by atoms with Crippen LogP contribution in [-0.4, -0.2) is 37.2 Å². The molecule has 0 saturated heterocycles. The Morgan fingerprint density at radius 2 is 2.09 bits per heavy atom. The van der Waals surface area contributed by atoms with Gasteiger partial charge in [0.15, 0.2) is 0 Å². The Bertz CT molecular complexity index is 775. The number of nitrogens with one attached hydrogen (secondary N) is 1. The molecule has 1 aliphatic rings. The number of aromatic nitrogens is 4. The van der Waals surface area contributed by atoms with Gasteiger partial charge >= 0.3 is 5.97 Å². The molecule has 1 aromatic carbocycles. The topological polar surface area (TPSA) is 110 Å². The van der Waals surface area contributed by atoms with Crippen LogP contribution in [0.25, 0.3) is 5.69 Å². The number of anilines is 1. The van der Waals surface area contributed by atoms with Gasteiger partial charge in [0.25, 0.3) is 0 Å². The number of amides is 1. The van der Waals surface area contributed by atoms with Crippen molar-refractivity contribution in [2.24, 2.45) is 17.3 Å². The number of nitrogens with zero attached hydrogens (tertiary/aromatic N) is 4. The van der Waals surface area contributed by atoms with Crippen molar-refractivity contribution in [2.45, 2.75) is 13.8 Å². The van der Waals surface area contributed by atoms with E-state index in [-0.39, 0.29) is 5.69 Å². The van der Waals surface area contributed by atoms with E-state index in [1.54, 1.807) is 13.8 Å². The second-order valence-corrected chi connectivity index (χ2v) is 6.02. The fraction of sp³-hybridized carbons (Fsp3) is 0.357. The molecule has 1 aromatic heterocycles. The molecule has 2 N–H and O–H groups in total. The van der Waals surface area contributed by atoms with E-state index in [0.29, 0.717) is 5.69 Å². The molecule has 0 bridgehead atoms. The summed E-state index contributed by atoms with van der Waals surface area (Å²) in [6.07, 6.45) is 1.34. The minimum atomic E-state index is -1.03. The first-order valence-electron chi connectivity index (χ1n) is 6.89. The summed E-state index contributed by atoms with van der Waals surface area (Å²) in [5.41, 5.74) is -0.230. The Morgan fingerprint density at radius 1 is 1.35 bits per heavy atom. The summed E-state index contributed by atoms with van der Waals surface area (Å²) in [5, 5.41) is 22.2. The zero-order valence-corrected chi connectivity index (χ0v) is 12.4. The van der Waals surface area contributed by atoms with Crippen molar-refractivity contribution in [3.8, 4) is 5.69 Å². The van der Waals surface area contributed by atoms with Gasteiger partial charge in [-0.05, 0) is 34.0 Å². The smallest absolute Gasteiger partial charge is 0.307 e. The minimum Gasteiger partial charge on any atom is -0.481 e. The Balaban J connectivity index is 1.82. The highest BCUT2D eigenvalue weighted by molar-refractivity contribution is 5.99. The third-order valence-corrected chi connectivity index (χ3v) is 4.20. The van der Waals surface area contributed by atoms with Crippen LogP contribution in [0.2, 0.25) is 0 Å². The van der Waals surface area contributed by atoms with Crippen LogP contribution in [0.3, 0.4) is 0 Å². The molecule has 8 nitrogen and oxygen atoms in total. The Kier molecular flexibility index (Phi) is 3.35. The monoisotopic (exact) mass is 319 g/mol. The van der Waals surface area contributed by atoms with Crippen LogP contribution in [0.1, 0.15) is 13.8 Å². The number of carboxylic acid groups (broad SMARTS) is 1. The van der Waals surface area contributed by atoms with Crippen LogP contribution < -0.4 is 5.32 Å². The summed E-state index contributed by atoms with van der Waals surface area (Å²) in [6, 6.07) is 4.02. The fourth-order valence-electron chi connectivity index (χ4n) is 2.83. The maximum absolute atomic E-state index is 13.9. The van der Waals surface area contributed by atoms with E-state index in [9.17, 15) is 14.0 Å². The van der Waals surface area contributed by atoms with Gasteiger partial charge in [-0.2, -0.15) is 0 Å². The Hall–Kier alpha value is -2.84. The predicted molar refractivity (Wildman–Crippen MR) is 76.1 cm³/mol. The molecule has 3 rings (SSSR count). The van der Waals surface area contributed by atoms with Gasteiger partial charge in [0.1, 0.15) is 12.1 Å². The number of carbonyl (C=O) groups excluding carboxylic acids is 1. The summed E-state index contributed by atoms with van der Waals surface area (Å²) in [7, 11) is 0. The van der Waals surface area contributed by atoms with Crippen LogP contribution in [0.4, 0.5) is 10.1 Å². The SMILES string of the molecule is CC1(C)[C@H](C(=O)O)[C@H]1C(=O)Nc1cc(-n2cnnn2)ccc1F. The number of benzene rings is 1. The standard InChI is InChI=1S/C14H14FN5O3/c1-14(2)10(11(14)13(22)23)12(21)17-9-5-7(3-4-8(9)15)20-6-16-18-19-20/h3-6,10-11H,1-2H3,(H,17,21)(H,22,23)/t10-,11-/m0/s1. The van der Waals surface area contributed by atoms with Crippen molar-refractivity contribution in [3.05, 3.63) is 30.3 Å². The molecule has 0 spiro atoms. The largest absolute Gasteiger partial charge is 0.481 e. The second kappa shape index (κ2) is 5.11. The van der Waals surface area contributed by atoms with Gasteiger partial charge in [-0.25, -0.2) is 9.07 Å². The molecule has 1 saturated carbocycles. The molecule has 2 aromatic rings. The summed E-state index contributed by atoms with van der Waals surface area (Å²) in [4.78, 5) is 23.4. The molecule has 1 fully saturated rings. The van der Waals surface area contributed by atoms with E-state index in [0.717, 1.165) is 0 Å². The van der Waals surface area contributed by atoms with Gasteiger partial charge in [-0.3, -0.25) is 9.59 Å². The van der Waals surface area contributed by atoms with E-state index in [2.05, 4.69) is 20.8 Å². The average molecular weight is 319 g/mol. The first-order chi connectivity index (χ1) is 10.8. The Morgan fingerprint density at radius 3 is 2.65 bits per heavy atom. The van der Waals surface area contributed by atoms with Crippen molar-refractivity contribution in [3.63, 3.8) is 0 Å². The molecule has 120 valence electrons. The van der Waals surface area contributed by atoms with Crippen LogP contribution >= 0.6 is 0 Å². The normalized spacial score (nSPS) is 21.7. The lowest BCUT2D eigenvalue weighted by Crippen LogP contribution is -2.18. The average Bonchev–Trinajstić information content (AvgIpc) is 2.86. The Labute approximate surface area is 130 Å². The van der Waals surface area contributed by atoms with Crippen molar-refractivity contribution < 1.29 is 19.1 Å². The van der Waals surface area contributed by atoms with Crippen molar-refractivity contribution in [1.29, 1.82) is 0 Å². The van der Waals surface area contributed by atoms with Gasteiger partial charge in [-0.15, -0.1) is 5.10 Å². The van der Waals surface area contributed by atoms with Crippen molar-refractivity contribution >= 4 is 17.6 Å². The lowest BCUT2D eigenvalue weighted by molar-refractivity contribution is -0.140. The maximum Gasteiger partial charge on any atom is 0.307 e. The van der Waals surface area contributed by atoms with E-state index in [4.69, 9.17) is 5.11 Å². The molecule has 1 heterocycles. The van der Waals surface area contributed by atoms with E-state index < -0.39 is 34.9 Å². The van der Waals surface area contributed by atoms with E-state index >= 15 is 0 Å². The summed E-state index contributed by atoms with van der Waals surface area (Å²) in [6.45, 7) is 3.40. The first-order valence-corrected chi connectivity index (χ1v) is 6.89. The van der Waals surface area contributed by atoms with E-state index in [1.807, 2.05) is 0 Å². The van der Waals surface area contributed by atoms with Gasteiger partial charge in [0.05, 0.1) is 23.2 Å². The van der Waals surface area contributed by atoms with E-state index in [1.165, 1.54) is 29.2 Å². The fourth-order valence-corrected chi connectivity index (χ4v) is 2.83. The molecule has 9 heteroatoms. The summed E-state index contributed by atoms with van der Waals surface area (Å²) < 4.78 is 15.2. The number of hydrogen-bond acceptors (Lipinski definition) is 5. The highest BCUT2D eigenvalue weighted by Gasteiger charge is 2.65. The molecule has 0 aliphatic heterocycles. The minimum absolute atomic E-state index is 0.0464. The molecule has 0 radical (unpaired) electrons. The number of tetrazole rings is 1. The molecule has 0 unspecified atom stereocenters. The highest BCUT2D eigenvalue weighted by atomic mass is 19.1. The van der Waals surface area contributed by atoms with Crippen LogP contribution in [0.15, 0.2) is 24.5 Å². The van der Waals surface area contributed by atoms with Gasteiger partial charge < -0.3 is 10.4 Å². The number of carboxylic acids is 1. The van der Waals surface area contributed by atoms with Crippen molar-refractivity contribution in [2.75, 3.05) is 5.32 Å². The zero-order chi connectivity index (χ0) is 16.8. The molecule has 1 amide bonds. The quantitative estimate of drug-likeness (QED) is 0.873. The lowest BCUT2D eigenvalue weighted by Gasteiger charge is -2.09. The maximum atomic E-state index is 13.9. The number of hydrogen-bond donors (Lipinski definition) is 2. The third-order valence-electron chi connectivity index (χ3n) is 4.20. The van der Waals surface area contributed by atoms with Crippen LogP contribution in [-0.2, 0) is 9.59 Å². The number of carbonyl (C=O) groups is 2. The number of halogens is 1. The number of rotatable bonds is 4. The van der Waals surface area contributed by atoms with Gasteiger partial charge in [0, 0.05) is 0 Å². The summed E-state index contributed by atoms with van der Waals surface area (Å²) in [5.74, 6) is -3.64. The van der Waals surface area contributed by atoms with Crippen LogP contribution in [0.5, 0.6) is 0 Å². The second-order valence-electron chi connectivity index (χ2n) is 6.02. The third kappa shape index (κ3) is 2.54. The molecule has 2 atom stereocenters. The molecular weight excluding hydrogens is 305 g/mol. The van der Waals surface area contributed by atoms with Crippen LogP contribution in [0, 0.1) is 23.1 Å². The molecule has 1 aliphatic carbocycles. The van der Waals surface area contributed by atoms with Crippen molar-refractivity contribution in [1.82, 2.24) is 20.2 Å². The van der Waals surface area contributed by atoms with Gasteiger partial charge in [-0.1, -0.05) is 13.8 Å². The predicted octanol–water partition coefficient (Wildman–Crippen LogP) is 1.10. The zero-order valence-electron chi connectivity index (χ0n) is 12.4. The summed E-state index contributed by atoms with van der Waals surface area (Å²) >= 11 is 0.